The molecule has 0 unspecified atom stereocenters. The number of carbonyl (C=O) groups excluding carboxylic acids is 1. The minimum Gasteiger partial charge on any atom is -0.473 e. The smallest absolute Gasteiger partial charge is 0.338 e. The topological polar surface area (TPSA) is 106 Å². The normalized spacial score (nSPS) is 19.1. The van der Waals surface area contributed by atoms with Crippen LogP contribution in [0.15, 0.2) is 54.7 Å². The first kappa shape index (κ1) is 32.8. The number of piperidine rings is 1. The lowest BCUT2D eigenvalue weighted by Crippen LogP contribution is -2.35. The van der Waals surface area contributed by atoms with Crippen LogP contribution in [0.1, 0.15) is 79.4 Å². The number of imidazole rings is 1. The van der Waals surface area contributed by atoms with Crippen LogP contribution in [0.5, 0.6) is 5.88 Å². The number of ether oxygens (including phenoxy) is 4. The highest BCUT2D eigenvalue weighted by molar-refractivity contribution is 5.94. The van der Waals surface area contributed by atoms with E-state index in [2.05, 4.69) is 20.6 Å². The van der Waals surface area contributed by atoms with Crippen molar-refractivity contribution >= 4 is 27.9 Å². The van der Waals surface area contributed by atoms with E-state index in [0.29, 0.717) is 49.2 Å². The van der Waals surface area contributed by atoms with Crippen LogP contribution < -0.4 is 4.74 Å². The number of pyridine rings is 1. The highest BCUT2D eigenvalue weighted by Gasteiger charge is 2.27. The molecular formula is C38H43FN6O5. The molecule has 0 aliphatic carbocycles. The highest BCUT2D eigenvalue weighted by Crippen LogP contribution is 2.31. The van der Waals surface area contributed by atoms with Gasteiger partial charge in [-0.25, -0.2) is 19.2 Å². The zero-order valence-electron chi connectivity index (χ0n) is 28.8. The summed E-state index contributed by atoms with van der Waals surface area (Å²) in [6, 6.07) is 15.0. The lowest BCUT2D eigenvalue weighted by atomic mass is 9.93. The fraction of sp³-hybridized carbons (Fsp3) is 0.474. The number of aromatic nitrogens is 5. The number of esters is 1. The van der Waals surface area contributed by atoms with E-state index in [9.17, 15) is 9.18 Å². The van der Waals surface area contributed by atoms with E-state index in [0.717, 1.165) is 72.4 Å². The Morgan fingerprint density at radius 1 is 1.02 bits per heavy atom. The van der Waals surface area contributed by atoms with Gasteiger partial charge in [-0.1, -0.05) is 6.07 Å². The summed E-state index contributed by atoms with van der Waals surface area (Å²) in [5.74, 6) is 1.10. The van der Waals surface area contributed by atoms with Gasteiger partial charge in [0.05, 0.1) is 66.8 Å². The molecule has 6 heterocycles. The lowest BCUT2D eigenvalue weighted by molar-refractivity contribution is -0.0592. The summed E-state index contributed by atoms with van der Waals surface area (Å²) in [6.07, 6.45) is 4.75. The first-order chi connectivity index (χ1) is 24.2. The predicted molar refractivity (Wildman–Crippen MR) is 185 cm³/mol. The van der Waals surface area contributed by atoms with Gasteiger partial charge in [-0.15, -0.1) is 0 Å². The second-order valence-corrected chi connectivity index (χ2v) is 14.6. The average molecular weight is 683 g/mol. The summed E-state index contributed by atoms with van der Waals surface area (Å²) in [7, 11) is 0. The van der Waals surface area contributed by atoms with Crippen molar-refractivity contribution in [3.8, 4) is 5.88 Å². The molecular weight excluding hydrogens is 639 g/mol. The van der Waals surface area contributed by atoms with Crippen molar-refractivity contribution in [2.75, 3.05) is 32.9 Å². The van der Waals surface area contributed by atoms with Crippen molar-refractivity contribution in [1.29, 1.82) is 0 Å². The van der Waals surface area contributed by atoms with Crippen LogP contribution in [0, 0.1) is 5.82 Å². The maximum Gasteiger partial charge on any atom is 0.338 e. The lowest BCUT2D eigenvalue weighted by Gasteiger charge is -2.32. The summed E-state index contributed by atoms with van der Waals surface area (Å²) in [5, 5.41) is 5.21. The monoisotopic (exact) mass is 682 g/mol. The van der Waals surface area contributed by atoms with E-state index in [1.165, 1.54) is 6.07 Å². The number of likely N-dealkylation sites (tertiary alicyclic amines) is 1. The molecule has 262 valence electrons. The van der Waals surface area contributed by atoms with Crippen LogP contribution in [-0.2, 0) is 33.9 Å². The van der Waals surface area contributed by atoms with Gasteiger partial charge >= 0.3 is 5.97 Å². The fourth-order valence-corrected chi connectivity index (χ4v) is 6.95. The van der Waals surface area contributed by atoms with E-state index in [1.807, 2.05) is 55.8 Å². The van der Waals surface area contributed by atoms with Crippen molar-refractivity contribution in [1.82, 2.24) is 29.2 Å². The summed E-state index contributed by atoms with van der Waals surface area (Å²) in [4.78, 5) is 25.2. The number of hydrogen-bond acceptors (Lipinski definition) is 9. The number of benzene rings is 2. The maximum atomic E-state index is 15.0. The third kappa shape index (κ3) is 6.84. The summed E-state index contributed by atoms with van der Waals surface area (Å²) in [6.45, 7) is 10.9. The fourth-order valence-electron chi connectivity index (χ4n) is 6.95. The Kier molecular flexibility index (Phi) is 8.78. The van der Waals surface area contributed by atoms with Gasteiger partial charge < -0.3 is 23.5 Å². The van der Waals surface area contributed by atoms with Gasteiger partial charge in [0.1, 0.15) is 23.8 Å². The Morgan fingerprint density at radius 3 is 2.56 bits per heavy atom. The van der Waals surface area contributed by atoms with Crippen LogP contribution in [0.3, 0.4) is 0 Å². The summed E-state index contributed by atoms with van der Waals surface area (Å²) < 4.78 is 41.9. The van der Waals surface area contributed by atoms with Crippen molar-refractivity contribution in [3.05, 3.63) is 83.2 Å². The van der Waals surface area contributed by atoms with Crippen molar-refractivity contribution in [2.45, 2.75) is 83.4 Å². The quantitative estimate of drug-likeness (QED) is 0.159. The van der Waals surface area contributed by atoms with Gasteiger partial charge in [-0.3, -0.25) is 9.58 Å². The molecule has 0 amide bonds. The van der Waals surface area contributed by atoms with Gasteiger partial charge in [0.25, 0.3) is 0 Å². The molecule has 1 atom stereocenters. The van der Waals surface area contributed by atoms with Gasteiger partial charge in [0, 0.05) is 35.2 Å². The number of halogens is 1. The average Bonchev–Trinajstić information content (AvgIpc) is 3.60. The van der Waals surface area contributed by atoms with Crippen LogP contribution in [0.4, 0.5) is 4.39 Å². The van der Waals surface area contributed by atoms with E-state index in [4.69, 9.17) is 28.9 Å². The molecule has 0 radical (unpaired) electrons. The Morgan fingerprint density at radius 2 is 1.84 bits per heavy atom. The second kappa shape index (κ2) is 13.4. The van der Waals surface area contributed by atoms with Gasteiger partial charge in [0.15, 0.2) is 0 Å². The number of carbonyl (C=O) groups is 1. The Labute approximate surface area is 290 Å². The maximum absolute atomic E-state index is 15.0. The van der Waals surface area contributed by atoms with Crippen LogP contribution in [0.2, 0.25) is 0 Å². The Hall–Kier alpha value is -4.39. The molecule has 11 nitrogen and oxygen atoms in total. The van der Waals surface area contributed by atoms with Gasteiger partial charge in [0.2, 0.25) is 5.88 Å². The predicted octanol–water partition coefficient (Wildman–Crippen LogP) is 6.19. The number of hydrogen-bond donors (Lipinski definition) is 0. The summed E-state index contributed by atoms with van der Waals surface area (Å²) >= 11 is 0. The van der Waals surface area contributed by atoms with Crippen molar-refractivity contribution < 1.29 is 28.1 Å². The Bertz CT molecular complexity index is 2020. The highest BCUT2D eigenvalue weighted by atomic mass is 19.1. The molecule has 3 saturated heterocycles. The largest absolute Gasteiger partial charge is 0.473 e. The minimum absolute atomic E-state index is 0.0786. The molecule has 2 aromatic carbocycles. The molecule has 8 rings (SSSR count). The third-order valence-electron chi connectivity index (χ3n) is 9.86. The second-order valence-electron chi connectivity index (χ2n) is 14.6. The molecule has 0 saturated carbocycles. The van der Waals surface area contributed by atoms with E-state index in [-0.39, 0.29) is 30.5 Å². The molecule has 0 bridgehead atoms. The molecule has 12 heteroatoms. The van der Waals surface area contributed by atoms with E-state index >= 15 is 0 Å². The third-order valence-corrected chi connectivity index (χ3v) is 9.86. The van der Waals surface area contributed by atoms with Crippen LogP contribution in [0.25, 0.3) is 21.9 Å². The van der Waals surface area contributed by atoms with Crippen LogP contribution in [-0.4, -0.2) is 79.8 Å². The zero-order chi connectivity index (χ0) is 34.4. The molecule has 0 N–H and O–H groups in total. The molecule has 3 aliphatic rings. The molecule has 3 aliphatic heterocycles. The van der Waals surface area contributed by atoms with Crippen molar-refractivity contribution in [2.24, 2.45) is 0 Å². The molecule has 3 fully saturated rings. The summed E-state index contributed by atoms with van der Waals surface area (Å²) in [5.41, 5.74) is 4.07. The first-order valence-electron chi connectivity index (χ1n) is 17.6. The van der Waals surface area contributed by atoms with E-state index < -0.39 is 5.60 Å². The molecule has 50 heavy (non-hydrogen) atoms. The number of nitrogens with zero attached hydrogens (tertiary/aromatic N) is 6. The molecule has 0 spiro atoms. The van der Waals surface area contributed by atoms with E-state index in [1.54, 1.807) is 12.3 Å². The number of fused-ring (bicyclic) bond motifs is 2. The van der Waals surface area contributed by atoms with Crippen molar-refractivity contribution in [3.63, 3.8) is 0 Å². The standard InChI is InChI=1S/C38H43FN6O5/c1-38(2,3)50-37(46)25-7-8-32-34(16-25)44(19-29-11-14-48-29)35(41-32)20-43-12-9-24(10-13-43)31-5-4-6-36(42-31)49-21-27-17-33-26(15-30(27)39)18-40-45(33)28-22-47-23-28/h4-8,15-18,24,28-29H,9-14,19-23H2,1-3H3/t29-/m0/s1. The minimum atomic E-state index is -0.570. The number of rotatable bonds is 10. The first-order valence-corrected chi connectivity index (χ1v) is 17.6. The van der Waals surface area contributed by atoms with Gasteiger partial charge in [-0.05, 0) is 89.5 Å². The molecule has 3 aromatic heterocycles. The van der Waals surface area contributed by atoms with Crippen LogP contribution >= 0.6 is 0 Å². The zero-order valence-corrected chi connectivity index (χ0v) is 28.8. The molecule has 5 aromatic rings. The van der Waals surface area contributed by atoms with Gasteiger partial charge in [-0.2, -0.15) is 5.10 Å². The Balaban J connectivity index is 0.922. The SMILES string of the molecule is CC(C)(C)OC(=O)c1ccc2nc(CN3CCC(c4cccc(OCc5cc6c(cnn6C6COC6)cc5F)n4)CC3)n(C[C@@H]3CCO3)c2c1.